The molecule has 0 bridgehead atoms. The molecule has 0 aliphatic carbocycles. The maximum Gasteiger partial charge on any atom is 0.264 e. The van der Waals surface area contributed by atoms with Gasteiger partial charge in [0.05, 0.1) is 10.6 Å². The van der Waals surface area contributed by atoms with Crippen molar-refractivity contribution in [1.82, 2.24) is 10.2 Å². The lowest BCUT2D eigenvalue weighted by Crippen LogP contribution is -2.53. The summed E-state index contributed by atoms with van der Waals surface area (Å²) in [5, 5.41) is 3.58. The molecule has 0 aliphatic heterocycles. The van der Waals surface area contributed by atoms with Gasteiger partial charge >= 0.3 is 0 Å². The van der Waals surface area contributed by atoms with Gasteiger partial charge in [-0.2, -0.15) is 0 Å². The minimum absolute atomic E-state index is 0.114. The lowest BCUT2D eigenvalue weighted by atomic mass is 10.0. The van der Waals surface area contributed by atoms with Crippen LogP contribution < -0.4 is 9.62 Å². The third-order valence-corrected chi connectivity index (χ3v) is 9.68. The highest BCUT2D eigenvalue weighted by Crippen LogP contribution is 2.28. The summed E-state index contributed by atoms with van der Waals surface area (Å²) >= 11 is 12.7. The van der Waals surface area contributed by atoms with Crippen LogP contribution in [0.2, 0.25) is 10.0 Å². The summed E-state index contributed by atoms with van der Waals surface area (Å²) in [4.78, 5) is 29.5. The van der Waals surface area contributed by atoms with Gasteiger partial charge in [0.15, 0.2) is 0 Å². The molecule has 46 heavy (non-hydrogen) atoms. The third kappa shape index (κ3) is 8.87. The molecule has 4 rings (SSSR count). The number of para-hydroxylation sites is 1. The van der Waals surface area contributed by atoms with Crippen LogP contribution in [0.3, 0.4) is 0 Å². The molecule has 0 saturated heterocycles. The maximum atomic E-state index is 15.3. The summed E-state index contributed by atoms with van der Waals surface area (Å²) in [6.07, 6.45) is 0.131. The summed E-state index contributed by atoms with van der Waals surface area (Å²) in [6, 6.07) is 24.3. The van der Waals surface area contributed by atoms with E-state index in [9.17, 15) is 18.0 Å². The topological polar surface area (TPSA) is 86.8 Å². The van der Waals surface area contributed by atoms with Gasteiger partial charge in [-0.1, -0.05) is 103 Å². The minimum Gasteiger partial charge on any atom is -0.354 e. The molecule has 0 spiro atoms. The molecular weight excluding hydrogens is 648 g/mol. The highest BCUT2D eigenvalue weighted by Gasteiger charge is 2.35. The Bertz CT molecular complexity index is 1770. The molecule has 0 unspecified atom stereocenters. The van der Waals surface area contributed by atoms with Crippen molar-refractivity contribution < 1.29 is 22.4 Å². The number of carbonyl (C=O) groups is 2. The number of hydrogen-bond donors (Lipinski definition) is 1. The Morgan fingerprint density at radius 2 is 1.54 bits per heavy atom. The molecule has 0 fully saturated rings. The Hall–Kier alpha value is -3.92. The van der Waals surface area contributed by atoms with Crippen LogP contribution in [0.25, 0.3) is 0 Å². The van der Waals surface area contributed by atoms with Gasteiger partial charge in [-0.05, 0) is 60.4 Å². The molecule has 0 saturated carbocycles. The first-order valence-electron chi connectivity index (χ1n) is 14.8. The third-order valence-electron chi connectivity index (χ3n) is 7.32. The van der Waals surface area contributed by atoms with E-state index >= 15 is 4.39 Å². The van der Waals surface area contributed by atoms with E-state index in [1.807, 2.05) is 51.1 Å². The van der Waals surface area contributed by atoms with Gasteiger partial charge in [-0.15, -0.1) is 0 Å². The van der Waals surface area contributed by atoms with Crippen molar-refractivity contribution >= 4 is 50.7 Å². The fraction of sp³-hybridized carbons (Fsp3) is 0.257. The average molecular weight is 685 g/mol. The fourth-order valence-electron chi connectivity index (χ4n) is 4.81. The lowest BCUT2D eigenvalue weighted by Gasteiger charge is -2.34. The molecule has 0 radical (unpaired) electrons. The normalized spacial score (nSPS) is 12.1. The van der Waals surface area contributed by atoms with Gasteiger partial charge < -0.3 is 10.2 Å². The number of rotatable bonds is 13. The zero-order valence-corrected chi connectivity index (χ0v) is 28.1. The molecule has 1 N–H and O–H groups in total. The number of amides is 2. The van der Waals surface area contributed by atoms with Gasteiger partial charge in [-0.25, -0.2) is 12.8 Å². The van der Waals surface area contributed by atoms with Crippen LogP contribution in [0, 0.1) is 18.7 Å². The molecule has 7 nitrogen and oxygen atoms in total. The second-order valence-electron chi connectivity index (χ2n) is 11.4. The summed E-state index contributed by atoms with van der Waals surface area (Å²) in [5.74, 6) is -1.85. The number of sulfonamides is 1. The Balaban J connectivity index is 1.83. The number of nitrogens with one attached hydrogen (secondary N) is 1. The number of carbonyl (C=O) groups excluding carboxylic acids is 2. The van der Waals surface area contributed by atoms with Gasteiger partial charge in [0.1, 0.15) is 18.4 Å². The van der Waals surface area contributed by atoms with E-state index in [1.165, 1.54) is 41.3 Å². The summed E-state index contributed by atoms with van der Waals surface area (Å²) < 4.78 is 44.1. The summed E-state index contributed by atoms with van der Waals surface area (Å²) in [5.41, 5.74) is 1.80. The second kappa shape index (κ2) is 15.6. The molecule has 0 heterocycles. The van der Waals surface area contributed by atoms with E-state index in [0.717, 1.165) is 21.5 Å². The quantitative estimate of drug-likeness (QED) is 0.164. The van der Waals surface area contributed by atoms with Crippen molar-refractivity contribution in [3.8, 4) is 0 Å². The van der Waals surface area contributed by atoms with Gasteiger partial charge in [0.2, 0.25) is 11.8 Å². The van der Waals surface area contributed by atoms with E-state index in [4.69, 9.17) is 23.2 Å². The largest absolute Gasteiger partial charge is 0.354 e. The summed E-state index contributed by atoms with van der Waals surface area (Å²) in [6.45, 7) is 5.14. The van der Waals surface area contributed by atoms with E-state index in [1.54, 1.807) is 24.3 Å². The first kappa shape index (κ1) is 34.9. The second-order valence-corrected chi connectivity index (χ2v) is 14.1. The number of nitrogens with zero attached hydrogens (tertiary/aromatic N) is 2. The zero-order valence-electron chi connectivity index (χ0n) is 25.8. The SMILES string of the molecule is Cc1ccc(S(=O)(=O)N(CC(=O)N(Cc2ccc(Cl)cc2Cl)[C@@H](Cc2ccccc2)C(=O)NCC(C)C)c2ccccc2F)cc1. The van der Waals surface area contributed by atoms with Crippen LogP contribution >= 0.6 is 23.2 Å². The number of anilines is 1. The van der Waals surface area contributed by atoms with Crippen LogP contribution in [-0.4, -0.2) is 44.3 Å². The van der Waals surface area contributed by atoms with Gasteiger partial charge in [0, 0.05) is 29.6 Å². The maximum absolute atomic E-state index is 15.3. The van der Waals surface area contributed by atoms with E-state index < -0.39 is 40.2 Å². The Labute approximate surface area is 280 Å². The van der Waals surface area contributed by atoms with Crippen LogP contribution in [0.1, 0.15) is 30.5 Å². The van der Waals surface area contributed by atoms with Crippen molar-refractivity contribution in [2.75, 3.05) is 17.4 Å². The van der Waals surface area contributed by atoms with Crippen LogP contribution in [0.5, 0.6) is 0 Å². The standard InChI is InChI=1S/C35H36Cl2FN3O4S/c1-24(2)21-39-35(43)33(19-26-9-5-4-6-10-26)40(22-27-15-16-28(36)20-30(27)37)34(42)23-41(32-12-8-7-11-31(32)38)46(44,45)29-17-13-25(3)14-18-29/h4-18,20,24,33H,19,21-23H2,1-3H3,(H,39,43)/t33-/m0/s1. The van der Waals surface area contributed by atoms with Gasteiger partial charge in [0.25, 0.3) is 10.0 Å². The predicted octanol–water partition coefficient (Wildman–Crippen LogP) is 7.05. The van der Waals surface area contributed by atoms with Crippen molar-refractivity contribution in [3.63, 3.8) is 0 Å². The Morgan fingerprint density at radius 3 is 2.17 bits per heavy atom. The molecule has 0 aliphatic rings. The number of halogens is 3. The Kier molecular flexibility index (Phi) is 11.8. The van der Waals surface area contributed by atoms with Crippen molar-refractivity contribution in [2.24, 2.45) is 5.92 Å². The van der Waals surface area contributed by atoms with Crippen LogP contribution in [0.15, 0.2) is 102 Å². The van der Waals surface area contributed by atoms with E-state index in [0.29, 0.717) is 17.1 Å². The highest BCUT2D eigenvalue weighted by atomic mass is 35.5. The van der Waals surface area contributed by atoms with E-state index in [-0.39, 0.29) is 34.5 Å². The van der Waals surface area contributed by atoms with Crippen molar-refractivity contribution in [2.45, 2.75) is 44.7 Å². The monoisotopic (exact) mass is 683 g/mol. The van der Waals surface area contributed by atoms with Crippen LogP contribution in [-0.2, 0) is 32.6 Å². The number of benzene rings is 4. The van der Waals surface area contributed by atoms with Crippen molar-refractivity contribution in [3.05, 3.63) is 130 Å². The molecular formula is C35H36Cl2FN3O4S. The van der Waals surface area contributed by atoms with E-state index in [2.05, 4.69) is 5.32 Å². The molecule has 1 atom stereocenters. The van der Waals surface area contributed by atoms with Crippen molar-refractivity contribution in [1.29, 1.82) is 0 Å². The predicted molar refractivity (Wildman–Crippen MR) is 181 cm³/mol. The van der Waals surface area contributed by atoms with Crippen LogP contribution in [0.4, 0.5) is 10.1 Å². The highest BCUT2D eigenvalue weighted by molar-refractivity contribution is 7.92. The Morgan fingerprint density at radius 1 is 0.891 bits per heavy atom. The fourth-order valence-corrected chi connectivity index (χ4v) is 6.70. The summed E-state index contributed by atoms with van der Waals surface area (Å²) in [7, 11) is -4.43. The molecule has 0 aromatic heterocycles. The molecule has 242 valence electrons. The van der Waals surface area contributed by atoms with Gasteiger partial charge in [-0.3, -0.25) is 13.9 Å². The number of hydrogen-bond acceptors (Lipinski definition) is 4. The smallest absolute Gasteiger partial charge is 0.264 e. The first-order valence-corrected chi connectivity index (χ1v) is 17.0. The molecule has 4 aromatic carbocycles. The number of aryl methyl sites for hydroxylation is 1. The minimum atomic E-state index is -4.43. The first-order chi connectivity index (χ1) is 21.9. The zero-order chi connectivity index (χ0) is 33.4. The molecule has 4 aromatic rings. The average Bonchev–Trinajstić information content (AvgIpc) is 3.02. The molecule has 11 heteroatoms. The lowest BCUT2D eigenvalue weighted by molar-refractivity contribution is -0.140. The molecule has 2 amide bonds.